The number of hydrogen-bond donors (Lipinski definition) is 2. The van der Waals surface area contributed by atoms with Gasteiger partial charge in [-0.3, -0.25) is 4.79 Å². The van der Waals surface area contributed by atoms with Crippen molar-refractivity contribution in [1.82, 2.24) is 15.1 Å². The van der Waals surface area contributed by atoms with E-state index in [9.17, 15) is 14.4 Å². The molecule has 25 heavy (non-hydrogen) atoms. The van der Waals surface area contributed by atoms with E-state index in [4.69, 9.17) is 5.11 Å². The molecule has 2 saturated heterocycles. The highest BCUT2D eigenvalue weighted by molar-refractivity contribution is 5.90. The second-order valence-corrected chi connectivity index (χ2v) is 6.86. The Hall–Kier alpha value is -2.57. The molecule has 3 rings (SSSR count). The number of carboxylic acid groups (broad SMARTS) is 1. The maximum atomic E-state index is 12.5. The number of nitrogens with zero attached hydrogens (tertiary/aromatic N) is 2. The van der Waals surface area contributed by atoms with Crippen molar-refractivity contribution in [2.75, 3.05) is 26.7 Å². The first-order valence-corrected chi connectivity index (χ1v) is 8.56. The Morgan fingerprint density at radius 2 is 2.00 bits per heavy atom. The standard InChI is InChI=1S/C18H23N3O4/c1-20-11-15(19-18(20)25)16(22)21-7-5-12(6-8-21)9-13-3-2-4-14(10-13)17(23)24/h2-4,10,12,15H,5-9,11H2,1H3,(H,19,25)(H,23,24). The fourth-order valence-electron chi connectivity index (χ4n) is 3.54. The number of carbonyl (C=O) groups excluding carboxylic acids is 2. The maximum Gasteiger partial charge on any atom is 0.335 e. The summed E-state index contributed by atoms with van der Waals surface area (Å²) in [6.45, 7) is 1.77. The van der Waals surface area contributed by atoms with Crippen LogP contribution in [0.4, 0.5) is 4.79 Å². The zero-order chi connectivity index (χ0) is 18.0. The first-order valence-electron chi connectivity index (χ1n) is 8.56. The van der Waals surface area contributed by atoms with Crippen molar-refractivity contribution in [3.05, 3.63) is 35.4 Å². The molecule has 2 aliphatic heterocycles. The molecule has 0 radical (unpaired) electrons. The first kappa shape index (κ1) is 17.3. The number of amides is 3. The number of piperidine rings is 1. The molecule has 0 aromatic heterocycles. The monoisotopic (exact) mass is 345 g/mol. The Morgan fingerprint density at radius 3 is 2.60 bits per heavy atom. The van der Waals surface area contributed by atoms with Gasteiger partial charge in [-0.15, -0.1) is 0 Å². The molecule has 0 bridgehead atoms. The van der Waals surface area contributed by atoms with Gasteiger partial charge >= 0.3 is 12.0 Å². The minimum absolute atomic E-state index is 0.0102. The third-order valence-electron chi connectivity index (χ3n) is 5.02. The fraction of sp³-hybridized carbons (Fsp3) is 0.500. The van der Waals surface area contributed by atoms with E-state index < -0.39 is 12.0 Å². The number of carboxylic acids is 1. The van der Waals surface area contributed by atoms with Gasteiger partial charge in [-0.1, -0.05) is 12.1 Å². The van der Waals surface area contributed by atoms with Gasteiger partial charge < -0.3 is 20.2 Å². The molecule has 2 N–H and O–H groups in total. The van der Waals surface area contributed by atoms with E-state index in [1.165, 1.54) is 4.90 Å². The Morgan fingerprint density at radius 1 is 1.28 bits per heavy atom. The van der Waals surface area contributed by atoms with E-state index in [-0.39, 0.29) is 11.9 Å². The summed E-state index contributed by atoms with van der Waals surface area (Å²) in [5, 5.41) is 11.8. The number of likely N-dealkylation sites (N-methyl/N-ethyl adjacent to an activating group) is 1. The second kappa shape index (κ2) is 7.13. The van der Waals surface area contributed by atoms with Crippen LogP contribution in [0.3, 0.4) is 0 Å². The first-order chi connectivity index (χ1) is 11.9. The van der Waals surface area contributed by atoms with E-state index >= 15 is 0 Å². The highest BCUT2D eigenvalue weighted by Crippen LogP contribution is 2.23. The molecule has 2 aliphatic rings. The SMILES string of the molecule is CN1CC(C(=O)N2CCC(Cc3cccc(C(=O)O)c3)CC2)NC1=O. The molecule has 0 aliphatic carbocycles. The molecular weight excluding hydrogens is 322 g/mol. The number of nitrogens with one attached hydrogen (secondary N) is 1. The van der Waals surface area contributed by atoms with Crippen molar-refractivity contribution < 1.29 is 19.5 Å². The number of rotatable bonds is 4. The molecule has 7 heteroatoms. The Labute approximate surface area is 146 Å². The van der Waals surface area contributed by atoms with Crippen LogP contribution in [0.1, 0.15) is 28.8 Å². The van der Waals surface area contributed by atoms with Gasteiger partial charge in [-0.25, -0.2) is 9.59 Å². The quantitative estimate of drug-likeness (QED) is 0.858. The molecule has 0 spiro atoms. The second-order valence-electron chi connectivity index (χ2n) is 6.86. The minimum atomic E-state index is -0.911. The zero-order valence-corrected chi connectivity index (χ0v) is 14.3. The Bertz CT molecular complexity index is 683. The average Bonchev–Trinajstić information content (AvgIpc) is 2.94. The summed E-state index contributed by atoms with van der Waals surface area (Å²) in [7, 11) is 1.68. The van der Waals surface area contributed by atoms with Crippen LogP contribution < -0.4 is 5.32 Å². The molecule has 1 unspecified atom stereocenters. The number of benzene rings is 1. The van der Waals surface area contributed by atoms with Gasteiger partial charge in [0, 0.05) is 20.1 Å². The van der Waals surface area contributed by atoms with Crippen LogP contribution >= 0.6 is 0 Å². The van der Waals surface area contributed by atoms with Crippen molar-refractivity contribution >= 4 is 17.9 Å². The van der Waals surface area contributed by atoms with Crippen molar-refractivity contribution in [3.8, 4) is 0 Å². The van der Waals surface area contributed by atoms with Crippen molar-refractivity contribution in [2.24, 2.45) is 5.92 Å². The van der Waals surface area contributed by atoms with E-state index in [1.807, 2.05) is 11.0 Å². The van der Waals surface area contributed by atoms with Crippen molar-refractivity contribution in [3.63, 3.8) is 0 Å². The topological polar surface area (TPSA) is 90.0 Å². The van der Waals surface area contributed by atoms with Crippen LogP contribution in [-0.4, -0.2) is 65.5 Å². The smallest absolute Gasteiger partial charge is 0.335 e. The van der Waals surface area contributed by atoms with Gasteiger partial charge in [0.1, 0.15) is 6.04 Å². The lowest BCUT2D eigenvalue weighted by molar-refractivity contribution is -0.134. The third kappa shape index (κ3) is 3.92. The van der Waals surface area contributed by atoms with E-state index in [0.717, 1.165) is 24.8 Å². The van der Waals surface area contributed by atoms with Gasteiger partial charge in [0.25, 0.3) is 0 Å². The highest BCUT2D eigenvalue weighted by Gasteiger charge is 2.35. The lowest BCUT2D eigenvalue weighted by Crippen LogP contribution is -2.48. The van der Waals surface area contributed by atoms with Crippen LogP contribution in [0.15, 0.2) is 24.3 Å². The summed E-state index contributed by atoms with van der Waals surface area (Å²) in [5.74, 6) is -0.483. The van der Waals surface area contributed by atoms with Gasteiger partial charge in [-0.05, 0) is 42.9 Å². The third-order valence-corrected chi connectivity index (χ3v) is 5.02. The summed E-state index contributed by atoms with van der Waals surface area (Å²) in [6.07, 6.45) is 2.60. The number of carbonyl (C=O) groups is 3. The van der Waals surface area contributed by atoms with Gasteiger partial charge in [0.05, 0.1) is 12.1 Å². The highest BCUT2D eigenvalue weighted by atomic mass is 16.4. The number of likely N-dealkylation sites (tertiary alicyclic amines) is 1. The maximum absolute atomic E-state index is 12.5. The molecular formula is C18H23N3O4. The molecule has 1 aromatic rings. The summed E-state index contributed by atoms with van der Waals surface area (Å²) in [4.78, 5) is 38.4. The molecule has 2 heterocycles. The molecule has 3 amide bonds. The lowest BCUT2D eigenvalue weighted by atomic mass is 9.89. The number of urea groups is 1. The van der Waals surface area contributed by atoms with Gasteiger partial charge in [0.15, 0.2) is 0 Å². The average molecular weight is 345 g/mol. The zero-order valence-electron chi connectivity index (χ0n) is 14.3. The van der Waals surface area contributed by atoms with Crippen LogP contribution in [0.5, 0.6) is 0 Å². The summed E-state index contributed by atoms with van der Waals surface area (Å²) < 4.78 is 0. The van der Waals surface area contributed by atoms with E-state index in [0.29, 0.717) is 31.1 Å². The largest absolute Gasteiger partial charge is 0.478 e. The van der Waals surface area contributed by atoms with Crippen LogP contribution in [0.2, 0.25) is 0 Å². The molecule has 134 valence electrons. The van der Waals surface area contributed by atoms with Gasteiger partial charge in [0.2, 0.25) is 5.91 Å². The van der Waals surface area contributed by atoms with Crippen LogP contribution in [-0.2, 0) is 11.2 Å². The van der Waals surface area contributed by atoms with Gasteiger partial charge in [-0.2, -0.15) is 0 Å². The van der Waals surface area contributed by atoms with Crippen LogP contribution in [0, 0.1) is 5.92 Å². The fourth-order valence-corrected chi connectivity index (χ4v) is 3.54. The van der Waals surface area contributed by atoms with Crippen LogP contribution in [0.25, 0.3) is 0 Å². The molecule has 1 aromatic carbocycles. The summed E-state index contributed by atoms with van der Waals surface area (Å²) >= 11 is 0. The minimum Gasteiger partial charge on any atom is -0.478 e. The number of aromatic carboxylic acids is 1. The van der Waals surface area contributed by atoms with Crippen molar-refractivity contribution in [2.45, 2.75) is 25.3 Å². The predicted molar refractivity (Wildman–Crippen MR) is 91.4 cm³/mol. The predicted octanol–water partition coefficient (Wildman–Crippen LogP) is 1.19. The van der Waals surface area contributed by atoms with E-state index in [2.05, 4.69) is 5.32 Å². The number of hydrogen-bond acceptors (Lipinski definition) is 3. The van der Waals surface area contributed by atoms with E-state index in [1.54, 1.807) is 25.2 Å². The molecule has 1 atom stereocenters. The Kier molecular flexibility index (Phi) is 4.92. The molecule has 2 fully saturated rings. The lowest BCUT2D eigenvalue weighted by Gasteiger charge is -2.33. The summed E-state index contributed by atoms with van der Waals surface area (Å²) in [5.41, 5.74) is 1.33. The Balaban J connectivity index is 1.52. The summed E-state index contributed by atoms with van der Waals surface area (Å²) in [6, 6.07) is 6.40. The molecule has 0 saturated carbocycles. The van der Waals surface area contributed by atoms with Crippen molar-refractivity contribution in [1.29, 1.82) is 0 Å². The normalized spacial score (nSPS) is 21.3. The molecule has 7 nitrogen and oxygen atoms in total.